The van der Waals surface area contributed by atoms with Gasteiger partial charge < -0.3 is 10.2 Å². The lowest BCUT2D eigenvalue weighted by Crippen LogP contribution is -2.37. The molecule has 5 rings (SSSR count). The molecule has 0 saturated carbocycles. The molecule has 4 aromatic rings. The Hall–Kier alpha value is -2.67. The maximum absolute atomic E-state index is 13.0. The first kappa shape index (κ1) is 21.2. The van der Waals surface area contributed by atoms with E-state index in [0.29, 0.717) is 21.6 Å². The van der Waals surface area contributed by atoms with Gasteiger partial charge >= 0.3 is 0 Å². The zero-order valence-electron chi connectivity index (χ0n) is 17.1. The number of hydrogen-bond acceptors (Lipinski definition) is 4. The van der Waals surface area contributed by atoms with E-state index in [2.05, 4.69) is 5.32 Å². The Kier molecular flexibility index (Phi) is 6.00. The van der Waals surface area contributed by atoms with Crippen LogP contribution in [0.5, 0.6) is 0 Å². The van der Waals surface area contributed by atoms with Gasteiger partial charge in [0.25, 0.3) is 5.91 Å². The third kappa shape index (κ3) is 4.31. The van der Waals surface area contributed by atoms with Gasteiger partial charge in [-0.2, -0.15) is 11.8 Å². The van der Waals surface area contributed by atoms with E-state index in [9.17, 15) is 4.79 Å². The lowest BCUT2D eigenvalue weighted by molar-refractivity contribution is 0.0772. The van der Waals surface area contributed by atoms with Gasteiger partial charge in [0.05, 0.1) is 16.7 Å². The molecule has 32 heavy (non-hydrogen) atoms. The van der Waals surface area contributed by atoms with E-state index in [1.54, 1.807) is 0 Å². The number of rotatable bonds is 4. The fraction of sp³-hybridized carbons (Fsp3) is 0.167. The smallest absolute Gasteiger partial charge is 0.253 e. The maximum Gasteiger partial charge on any atom is 0.253 e. The highest BCUT2D eigenvalue weighted by atomic mass is 35.5. The van der Waals surface area contributed by atoms with Crippen molar-refractivity contribution >= 4 is 63.5 Å². The van der Waals surface area contributed by atoms with Crippen LogP contribution in [0, 0.1) is 0 Å². The van der Waals surface area contributed by atoms with Crippen LogP contribution in [0.4, 0.5) is 11.6 Å². The highest BCUT2D eigenvalue weighted by Gasteiger charge is 2.20. The number of halogens is 2. The first-order valence-corrected chi connectivity index (χ1v) is 12.2. The van der Waals surface area contributed by atoms with Crippen LogP contribution in [-0.4, -0.2) is 45.0 Å². The largest absolute Gasteiger partial charge is 0.337 e. The van der Waals surface area contributed by atoms with E-state index >= 15 is 0 Å². The average molecular weight is 483 g/mol. The van der Waals surface area contributed by atoms with Crippen molar-refractivity contribution in [1.29, 1.82) is 0 Å². The molecule has 1 aliphatic rings. The number of aromatic nitrogens is 2. The zero-order chi connectivity index (χ0) is 22.1. The van der Waals surface area contributed by atoms with Crippen molar-refractivity contribution in [3.63, 3.8) is 0 Å². The van der Waals surface area contributed by atoms with E-state index in [1.165, 1.54) is 0 Å². The number of anilines is 2. The van der Waals surface area contributed by atoms with Crippen LogP contribution in [-0.2, 0) is 0 Å². The van der Waals surface area contributed by atoms with E-state index < -0.39 is 0 Å². The minimum atomic E-state index is 0.0525. The van der Waals surface area contributed by atoms with Crippen molar-refractivity contribution in [2.24, 2.45) is 0 Å². The van der Waals surface area contributed by atoms with Crippen LogP contribution in [0.2, 0.25) is 10.0 Å². The van der Waals surface area contributed by atoms with Crippen LogP contribution in [0.3, 0.4) is 0 Å². The Labute approximate surface area is 200 Å². The third-order valence-electron chi connectivity index (χ3n) is 5.37. The number of carbonyl (C=O) groups is 1. The van der Waals surface area contributed by atoms with Gasteiger partial charge in [0.1, 0.15) is 0 Å². The molecular weight excluding hydrogens is 463 g/mol. The molecule has 0 atom stereocenters. The van der Waals surface area contributed by atoms with E-state index in [1.807, 2.05) is 88.0 Å². The predicted octanol–water partition coefficient (Wildman–Crippen LogP) is 6.26. The molecule has 0 radical (unpaired) electrons. The van der Waals surface area contributed by atoms with Crippen LogP contribution in [0.1, 0.15) is 10.4 Å². The molecule has 0 bridgehead atoms. The van der Waals surface area contributed by atoms with Crippen LogP contribution < -0.4 is 5.32 Å². The monoisotopic (exact) mass is 482 g/mol. The summed E-state index contributed by atoms with van der Waals surface area (Å²) in [5, 5.41) is 4.67. The molecule has 1 fully saturated rings. The molecule has 0 aliphatic carbocycles. The molecule has 0 spiro atoms. The van der Waals surface area contributed by atoms with Gasteiger partial charge in [-0.15, -0.1) is 0 Å². The quantitative estimate of drug-likeness (QED) is 0.372. The lowest BCUT2D eigenvalue weighted by atomic mass is 10.1. The molecule has 2 heterocycles. The molecule has 5 nitrogen and oxygen atoms in total. The Morgan fingerprint density at radius 1 is 0.938 bits per heavy atom. The molecule has 162 valence electrons. The molecule has 1 N–H and O–H groups in total. The van der Waals surface area contributed by atoms with Crippen molar-refractivity contribution in [2.45, 2.75) is 0 Å². The summed E-state index contributed by atoms with van der Waals surface area (Å²) in [5.41, 5.74) is 4.00. The summed E-state index contributed by atoms with van der Waals surface area (Å²) >= 11 is 14.2. The summed E-state index contributed by atoms with van der Waals surface area (Å²) in [7, 11) is 0. The van der Waals surface area contributed by atoms with Gasteiger partial charge in [0.15, 0.2) is 0 Å². The highest BCUT2D eigenvalue weighted by molar-refractivity contribution is 7.99. The number of amides is 1. The fourth-order valence-corrected chi connectivity index (χ4v) is 5.00. The summed E-state index contributed by atoms with van der Waals surface area (Å²) in [6, 6.07) is 20.7. The number of benzene rings is 3. The average Bonchev–Trinajstić information content (AvgIpc) is 3.17. The second kappa shape index (κ2) is 9.06. The third-order valence-corrected chi connectivity index (χ3v) is 6.80. The predicted molar refractivity (Wildman–Crippen MR) is 134 cm³/mol. The van der Waals surface area contributed by atoms with Gasteiger partial charge in [-0.05, 0) is 60.7 Å². The molecule has 1 aliphatic heterocycles. The standard InChI is InChI=1S/C24H20Cl2N4OS/c25-17-5-7-19(8-6-17)27-24-28-21-14-16(23(31)29-10-12-32-13-11-29)4-9-22(21)30(24)20-3-1-2-18(26)15-20/h1-9,14-15H,10-13H2,(H,27,28). The maximum atomic E-state index is 13.0. The summed E-state index contributed by atoms with van der Waals surface area (Å²) in [6.45, 7) is 1.56. The van der Waals surface area contributed by atoms with E-state index in [-0.39, 0.29) is 5.91 Å². The van der Waals surface area contributed by atoms with Crippen molar-refractivity contribution in [2.75, 3.05) is 29.9 Å². The SMILES string of the molecule is O=C(c1ccc2c(c1)nc(Nc1ccc(Cl)cc1)n2-c1cccc(Cl)c1)N1CCSCC1. The molecule has 1 aromatic heterocycles. The number of imidazole rings is 1. The van der Waals surface area contributed by atoms with Crippen LogP contribution >= 0.6 is 35.0 Å². The molecule has 3 aromatic carbocycles. The normalized spacial score (nSPS) is 14.0. The zero-order valence-corrected chi connectivity index (χ0v) is 19.4. The van der Waals surface area contributed by atoms with Gasteiger partial charge in [-0.25, -0.2) is 4.98 Å². The number of fused-ring (bicyclic) bond motifs is 1. The Morgan fingerprint density at radius 2 is 1.72 bits per heavy atom. The van der Waals surface area contributed by atoms with Crippen molar-refractivity contribution in [3.8, 4) is 5.69 Å². The summed E-state index contributed by atoms with van der Waals surface area (Å²) in [4.78, 5) is 19.7. The van der Waals surface area contributed by atoms with Crippen molar-refractivity contribution < 1.29 is 4.79 Å². The topological polar surface area (TPSA) is 50.2 Å². The molecule has 8 heteroatoms. The van der Waals surface area contributed by atoms with Crippen molar-refractivity contribution in [3.05, 3.63) is 82.3 Å². The van der Waals surface area contributed by atoms with Gasteiger partial charge in [0.2, 0.25) is 5.95 Å². The minimum absolute atomic E-state index is 0.0525. The summed E-state index contributed by atoms with van der Waals surface area (Å²) < 4.78 is 2.00. The van der Waals surface area contributed by atoms with E-state index in [0.717, 1.165) is 47.0 Å². The Morgan fingerprint density at radius 3 is 2.47 bits per heavy atom. The second-order valence-electron chi connectivity index (χ2n) is 7.49. The summed E-state index contributed by atoms with van der Waals surface area (Å²) in [6.07, 6.45) is 0. The minimum Gasteiger partial charge on any atom is -0.337 e. The molecule has 1 saturated heterocycles. The van der Waals surface area contributed by atoms with Crippen LogP contribution in [0.15, 0.2) is 66.7 Å². The number of hydrogen-bond donors (Lipinski definition) is 1. The second-order valence-corrected chi connectivity index (χ2v) is 9.59. The van der Waals surface area contributed by atoms with Gasteiger partial charge in [-0.3, -0.25) is 9.36 Å². The van der Waals surface area contributed by atoms with Crippen LogP contribution in [0.25, 0.3) is 16.7 Å². The van der Waals surface area contributed by atoms with Gasteiger partial charge in [0, 0.05) is 45.9 Å². The fourth-order valence-electron chi connectivity index (χ4n) is 3.79. The molecule has 1 amide bonds. The number of thioether (sulfide) groups is 1. The molecular formula is C24H20Cl2N4OS. The molecule has 0 unspecified atom stereocenters. The lowest BCUT2D eigenvalue weighted by Gasteiger charge is -2.26. The first-order chi connectivity index (χ1) is 15.6. The number of carbonyl (C=O) groups excluding carboxylic acids is 1. The summed E-state index contributed by atoms with van der Waals surface area (Å²) in [5.74, 6) is 2.64. The number of nitrogens with one attached hydrogen (secondary N) is 1. The first-order valence-electron chi connectivity index (χ1n) is 10.3. The Bertz CT molecular complexity index is 1280. The number of nitrogens with zero attached hydrogens (tertiary/aromatic N) is 3. The van der Waals surface area contributed by atoms with Gasteiger partial charge in [-0.1, -0.05) is 29.3 Å². The van der Waals surface area contributed by atoms with E-state index in [4.69, 9.17) is 28.2 Å². The Balaban J connectivity index is 1.59. The van der Waals surface area contributed by atoms with Crippen molar-refractivity contribution in [1.82, 2.24) is 14.5 Å². The highest BCUT2D eigenvalue weighted by Crippen LogP contribution is 2.29.